The summed E-state index contributed by atoms with van der Waals surface area (Å²) in [5, 5.41) is 14.6. The number of carbonyl (C=O) groups excluding carboxylic acids is 1. The zero-order chi connectivity index (χ0) is 21.4. The summed E-state index contributed by atoms with van der Waals surface area (Å²) in [6.07, 6.45) is 1.54. The molecule has 1 aliphatic rings. The van der Waals surface area contributed by atoms with E-state index in [9.17, 15) is 19.1 Å². The van der Waals surface area contributed by atoms with Gasteiger partial charge in [-0.3, -0.25) is 4.79 Å². The van der Waals surface area contributed by atoms with Gasteiger partial charge in [0.15, 0.2) is 0 Å². The molecule has 0 saturated heterocycles. The number of halogens is 2. The molecule has 6 nitrogen and oxygen atoms in total. The summed E-state index contributed by atoms with van der Waals surface area (Å²) in [4.78, 5) is 24.2. The van der Waals surface area contributed by atoms with Crippen molar-refractivity contribution in [1.29, 1.82) is 0 Å². The summed E-state index contributed by atoms with van der Waals surface area (Å²) >= 11 is 5.89. The molecule has 4 rings (SSSR count). The molecule has 2 aromatic carbocycles. The lowest BCUT2D eigenvalue weighted by atomic mass is 10.1. The largest absolute Gasteiger partial charge is 0.478 e. The lowest BCUT2D eigenvalue weighted by molar-refractivity contribution is -0.114. The minimum atomic E-state index is -1.20. The van der Waals surface area contributed by atoms with Crippen LogP contribution in [0.4, 0.5) is 10.1 Å². The van der Waals surface area contributed by atoms with Gasteiger partial charge in [-0.15, -0.1) is 0 Å². The highest BCUT2D eigenvalue weighted by Gasteiger charge is 2.30. The van der Waals surface area contributed by atoms with Crippen molar-refractivity contribution in [3.63, 3.8) is 0 Å². The number of hydrazone groups is 1. The topological polar surface area (TPSA) is 83.1 Å². The van der Waals surface area contributed by atoms with Crippen molar-refractivity contribution < 1.29 is 23.5 Å². The first kappa shape index (κ1) is 19.6. The van der Waals surface area contributed by atoms with Gasteiger partial charge in [-0.1, -0.05) is 23.7 Å². The molecular weight excluding hydrogens is 411 g/mol. The molecule has 0 bridgehead atoms. The number of carboxylic acid groups (broad SMARTS) is 1. The Balaban J connectivity index is 1.64. The minimum Gasteiger partial charge on any atom is -0.478 e. The summed E-state index contributed by atoms with van der Waals surface area (Å²) in [5.41, 5.74) is 1.46. The van der Waals surface area contributed by atoms with E-state index in [2.05, 4.69) is 5.10 Å². The molecule has 1 aromatic heterocycles. The number of carbonyl (C=O) groups is 2. The maximum atomic E-state index is 13.4. The Kier molecular flexibility index (Phi) is 4.97. The van der Waals surface area contributed by atoms with Gasteiger partial charge in [0.05, 0.1) is 27.6 Å². The Hall–Kier alpha value is -3.71. The van der Waals surface area contributed by atoms with Crippen molar-refractivity contribution in [2.45, 2.75) is 6.92 Å². The predicted octanol–water partition coefficient (Wildman–Crippen LogP) is 5.24. The van der Waals surface area contributed by atoms with Crippen LogP contribution in [0.15, 0.2) is 69.7 Å². The van der Waals surface area contributed by atoms with Crippen LogP contribution in [-0.4, -0.2) is 22.7 Å². The molecule has 30 heavy (non-hydrogen) atoms. The van der Waals surface area contributed by atoms with Crippen LogP contribution in [0.25, 0.3) is 17.4 Å². The molecule has 0 saturated carbocycles. The first-order valence-corrected chi connectivity index (χ1v) is 9.21. The average molecular weight is 425 g/mol. The number of aromatic carboxylic acids is 1. The van der Waals surface area contributed by atoms with Gasteiger partial charge >= 0.3 is 5.97 Å². The summed E-state index contributed by atoms with van der Waals surface area (Å²) in [7, 11) is 0. The summed E-state index contributed by atoms with van der Waals surface area (Å²) < 4.78 is 19.2. The Morgan fingerprint density at radius 3 is 2.73 bits per heavy atom. The molecular formula is C22H14ClFN2O4. The van der Waals surface area contributed by atoms with Crippen molar-refractivity contribution in [3.8, 4) is 11.3 Å². The van der Waals surface area contributed by atoms with Crippen LogP contribution in [0.3, 0.4) is 0 Å². The van der Waals surface area contributed by atoms with Gasteiger partial charge in [-0.05, 0) is 55.5 Å². The standard InChI is InChI=1S/C22H14ClFN2O4/c1-12-17(11-16-6-8-20(30-16)13-3-2-4-14(24)9-13)21(27)26(25-12)15-5-7-19(23)18(10-15)22(28)29/h2-11H,1H3,(H,28,29)/b17-11-. The lowest BCUT2D eigenvalue weighted by Gasteiger charge is -2.12. The molecule has 0 aliphatic carbocycles. The Bertz CT molecular complexity index is 1250. The van der Waals surface area contributed by atoms with Crippen molar-refractivity contribution >= 4 is 41.0 Å². The number of benzene rings is 2. The summed E-state index contributed by atoms with van der Waals surface area (Å²) in [5.74, 6) is -1.16. The van der Waals surface area contributed by atoms with E-state index >= 15 is 0 Å². The third-order valence-electron chi connectivity index (χ3n) is 4.51. The number of anilines is 1. The summed E-state index contributed by atoms with van der Waals surface area (Å²) in [6.45, 7) is 1.66. The lowest BCUT2D eigenvalue weighted by Crippen LogP contribution is -2.21. The quantitative estimate of drug-likeness (QED) is 0.580. The zero-order valence-corrected chi connectivity index (χ0v) is 16.4. The normalized spacial score (nSPS) is 15.0. The van der Waals surface area contributed by atoms with Crippen LogP contribution in [-0.2, 0) is 4.79 Å². The number of nitrogens with zero attached hydrogens (tertiary/aromatic N) is 2. The van der Waals surface area contributed by atoms with Crippen molar-refractivity contribution in [2.75, 3.05) is 5.01 Å². The minimum absolute atomic E-state index is 0.0647. The molecule has 0 spiro atoms. The maximum absolute atomic E-state index is 13.4. The van der Waals surface area contributed by atoms with Gasteiger partial charge in [0.2, 0.25) is 0 Å². The van der Waals surface area contributed by atoms with E-state index < -0.39 is 11.9 Å². The highest BCUT2D eigenvalue weighted by atomic mass is 35.5. The smallest absolute Gasteiger partial charge is 0.337 e. The predicted molar refractivity (Wildman–Crippen MR) is 111 cm³/mol. The average Bonchev–Trinajstić information content (AvgIpc) is 3.29. The highest BCUT2D eigenvalue weighted by molar-refractivity contribution is 6.34. The number of hydrogen-bond donors (Lipinski definition) is 1. The molecule has 150 valence electrons. The van der Waals surface area contributed by atoms with E-state index in [0.717, 1.165) is 5.01 Å². The second-order valence-electron chi connectivity index (χ2n) is 6.54. The monoisotopic (exact) mass is 424 g/mol. The fraction of sp³-hybridized carbons (Fsp3) is 0.0455. The van der Waals surface area contributed by atoms with Crippen molar-refractivity contribution in [3.05, 3.63) is 82.3 Å². The second kappa shape index (κ2) is 7.61. The van der Waals surface area contributed by atoms with Crippen LogP contribution < -0.4 is 5.01 Å². The third-order valence-corrected chi connectivity index (χ3v) is 4.84. The molecule has 2 heterocycles. The SMILES string of the molecule is CC1=NN(c2ccc(Cl)c(C(=O)O)c2)C(=O)/C1=C\c1ccc(-c2cccc(F)c2)o1. The van der Waals surface area contributed by atoms with Gasteiger partial charge < -0.3 is 9.52 Å². The molecule has 0 radical (unpaired) electrons. The third kappa shape index (κ3) is 3.62. The Morgan fingerprint density at radius 1 is 1.20 bits per heavy atom. The molecule has 1 aliphatic heterocycles. The van der Waals surface area contributed by atoms with Crippen LogP contribution >= 0.6 is 11.6 Å². The van der Waals surface area contributed by atoms with Gasteiger partial charge in [-0.2, -0.15) is 10.1 Å². The zero-order valence-electron chi connectivity index (χ0n) is 15.6. The van der Waals surface area contributed by atoms with E-state index in [1.54, 1.807) is 31.2 Å². The van der Waals surface area contributed by atoms with Crippen molar-refractivity contribution in [1.82, 2.24) is 0 Å². The fourth-order valence-corrected chi connectivity index (χ4v) is 3.24. The molecule has 1 amide bonds. The maximum Gasteiger partial charge on any atom is 0.337 e. The van der Waals surface area contributed by atoms with E-state index in [-0.39, 0.29) is 22.1 Å². The molecule has 3 aromatic rings. The van der Waals surface area contributed by atoms with Gasteiger partial charge in [-0.25, -0.2) is 9.18 Å². The molecule has 8 heteroatoms. The number of carboxylic acids is 1. The van der Waals surface area contributed by atoms with Crippen LogP contribution in [0.1, 0.15) is 23.0 Å². The first-order chi connectivity index (χ1) is 14.3. The molecule has 0 fully saturated rings. The van der Waals surface area contributed by atoms with Crippen LogP contribution in [0.2, 0.25) is 5.02 Å². The Morgan fingerprint density at radius 2 is 2.00 bits per heavy atom. The molecule has 1 N–H and O–H groups in total. The molecule has 0 unspecified atom stereocenters. The summed E-state index contributed by atoms with van der Waals surface area (Å²) in [6, 6.07) is 13.5. The van der Waals surface area contributed by atoms with E-state index in [0.29, 0.717) is 28.4 Å². The van der Waals surface area contributed by atoms with E-state index in [1.807, 2.05) is 0 Å². The number of hydrogen-bond acceptors (Lipinski definition) is 4. The van der Waals surface area contributed by atoms with Gasteiger partial charge in [0.25, 0.3) is 5.91 Å². The van der Waals surface area contributed by atoms with Crippen LogP contribution in [0, 0.1) is 5.82 Å². The van der Waals surface area contributed by atoms with Gasteiger partial charge in [0.1, 0.15) is 17.3 Å². The van der Waals surface area contributed by atoms with Crippen LogP contribution in [0.5, 0.6) is 0 Å². The fourth-order valence-electron chi connectivity index (χ4n) is 3.04. The first-order valence-electron chi connectivity index (χ1n) is 8.84. The number of rotatable bonds is 4. The van der Waals surface area contributed by atoms with E-state index in [1.165, 1.54) is 36.4 Å². The molecule has 0 atom stereocenters. The number of amides is 1. The highest BCUT2D eigenvalue weighted by Crippen LogP contribution is 2.30. The van der Waals surface area contributed by atoms with Crippen molar-refractivity contribution in [2.24, 2.45) is 5.10 Å². The second-order valence-corrected chi connectivity index (χ2v) is 6.95. The Labute approximate surface area is 175 Å². The van der Waals surface area contributed by atoms with E-state index in [4.69, 9.17) is 16.0 Å². The number of furan rings is 1. The van der Waals surface area contributed by atoms with Gasteiger partial charge in [0, 0.05) is 5.56 Å².